The molecule has 1 aliphatic rings. The van der Waals surface area contributed by atoms with Crippen molar-refractivity contribution in [2.24, 2.45) is 5.73 Å². The van der Waals surface area contributed by atoms with E-state index in [4.69, 9.17) is 5.73 Å². The van der Waals surface area contributed by atoms with Gasteiger partial charge in [0.1, 0.15) is 0 Å². The monoisotopic (exact) mass is 265 g/mol. The molecule has 0 fully saturated rings. The first kappa shape index (κ1) is 12.9. The maximum Gasteiger partial charge on any atom is 0.224 e. The van der Waals surface area contributed by atoms with E-state index < -0.39 is 0 Å². The molecule has 2 heteroatoms. The van der Waals surface area contributed by atoms with Crippen LogP contribution in [0.2, 0.25) is 0 Å². The van der Waals surface area contributed by atoms with Crippen LogP contribution in [0, 0.1) is 0 Å². The van der Waals surface area contributed by atoms with Gasteiger partial charge in [-0.3, -0.25) is 4.79 Å². The summed E-state index contributed by atoms with van der Waals surface area (Å²) in [5.41, 5.74) is 10.7. The molecule has 1 aliphatic carbocycles. The third-order valence-electron chi connectivity index (χ3n) is 4.19. The molecule has 0 saturated heterocycles. The van der Waals surface area contributed by atoms with Crippen LogP contribution in [0.4, 0.5) is 0 Å². The second kappa shape index (κ2) is 5.49. The van der Waals surface area contributed by atoms with Crippen molar-refractivity contribution in [1.29, 1.82) is 0 Å². The molecular weight excluding hydrogens is 246 g/mol. The molecule has 2 nitrogen and oxygen atoms in total. The second-order valence-corrected chi connectivity index (χ2v) is 5.49. The molecular formula is C18H19NO. The zero-order valence-electron chi connectivity index (χ0n) is 11.5. The quantitative estimate of drug-likeness (QED) is 0.910. The Hall–Kier alpha value is -2.09. The first-order chi connectivity index (χ1) is 9.75. The van der Waals surface area contributed by atoms with Gasteiger partial charge in [0, 0.05) is 0 Å². The first-order valence-corrected chi connectivity index (χ1v) is 7.19. The lowest BCUT2D eigenvalue weighted by Crippen LogP contribution is -2.25. The highest BCUT2D eigenvalue weighted by Crippen LogP contribution is 2.34. The lowest BCUT2D eigenvalue weighted by Gasteiger charge is -2.25. The van der Waals surface area contributed by atoms with Crippen LogP contribution in [0.3, 0.4) is 0 Å². The predicted octanol–water partition coefficient (Wildman–Crippen LogP) is 3.18. The van der Waals surface area contributed by atoms with E-state index in [0.717, 1.165) is 31.2 Å². The van der Waals surface area contributed by atoms with Gasteiger partial charge in [-0.1, -0.05) is 48.5 Å². The van der Waals surface area contributed by atoms with Crippen molar-refractivity contribution in [3.05, 3.63) is 70.8 Å². The third-order valence-corrected chi connectivity index (χ3v) is 4.19. The van der Waals surface area contributed by atoms with Gasteiger partial charge in [-0.2, -0.15) is 0 Å². The lowest BCUT2D eigenvalue weighted by molar-refractivity contribution is -0.119. The van der Waals surface area contributed by atoms with Gasteiger partial charge in [-0.05, 0) is 47.9 Å². The van der Waals surface area contributed by atoms with Crippen molar-refractivity contribution in [3.63, 3.8) is 0 Å². The number of primary amides is 1. The summed E-state index contributed by atoms with van der Waals surface area (Å²) in [6, 6.07) is 16.8. The topological polar surface area (TPSA) is 43.1 Å². The number of carbonyl (C=O) groups is 1. The molecule has 1 amide bonds. The van der Waals surface area contributed by atoms with E-state index in [2.05, 4.69) is 42.5 Å². The molecule has 0 spiro atoms. The first-order valence-electron chi connectivity index (χ1n) is 7.19. The number of hydrogen-bond donors (Lipinski definition) is 1. The van der Waals surface area contributed by atoms with Crippen molar-refractivity contribution >= 4 is 5.91 Å². The standard InChI is InChI=1S/C18H19NO/c19-18(20)17-11-5-9-15-14(8-4-10-16(15)17)12-13-6-2-1-3-7-13/h1-4,6-8,10,17H,5,9,11-12H2,(H2,19,20). The van der Waals surface area contributed by atoms with Crippen LogP contribution in [0.25, 0.3) is 0 Å². The summed E-state index contributed by atoms with van der Waals surface area (Å²) in [5.74, 6) is -0.294. The molecule has 1 unspecified atom stereocenters. The van der Waals surface area contributed by atoms with Gasteiger partial charge >= 0.3 is 0 Å². The minimum Gasteiger partial charge on any atom is -0.369 e. The summed E-state index contributed by atoms with van der Waals surface area (Å²) in [7, 11) is 0. The van der Waals surface area contributed by atoms with E-state index in [1.54, 1.807) is 0 Å². The van der Waals surface area contributed by atoms with Crippen molar-refractivity contribution in [2.45, 2.75) is 31.6 Å². The molecule has 102 valence electrons. The summed E-state index contributed by atoms with van der Waals surface area (Å²) >= 11 is 0. The van der Waals surface area contributed by atoms with E-state index >= 15 is 0 Å². The summed E-state index contributed by atoms with van der Waals surface area (Å²) in [6.07, 6.45) is 3.92. The molecule has 20 heavy (non-hydrogen) atoms. The molecule has 0 radical (unpaired) electrons. The molecule has 0 aliphatic heterocycles. The average Bonchev–Trinajstić information content (AvgIpc) is 2.48. The van der Waals surface area contributed by atoms with E-state index in [1.165, 1.54) is 16.7 Å². The molecule has 3 rings (SSSR count). The fraction of sp³-hybridized carbons (Fsp3) is 0.278. The van der Waals surface area contributed by atoms with Gasteiger partial charge in [0.2, 0.25) is 5.91 Å². The van der Waals surface area contributed by atoms with Crippen LogP contribution in [0.5, 0.6) is 0 Å². The molecule has 0 heterocycles. The highest BCUT2D eigenvalue weighted by molar-refractivity contribution is 5.82. The van der Waals surface area contributed by atoms with Crippen molar-refractivity contribution in [1.82, 2.24) is 0 Å². The minimum atomic E-state index is -0.192. The third kappa shape index (κ3) is 2.46. The number of amides is 1. The van der Waals surface area contributed by atoms with E-state index in [-0.39, 0.29) is 11.8 Å². The average molecular weight is 265 g/mol. The maximum atomic E-state index is 11.6. The van der Waals surface area contributed by atoms with E-state index in [1.807, 2.05) is 6.07 Å². The van der Waals surface area contributed by atoms with Gasteiger partial charge in [0.15, 0.2) is 0 Å². The van der Waals surface area contributed by atoms with Crippen molar-refractivity contribution in [3.8, 4) is 0 Å². The molecule has 2 aromatic carbocycles. The number of fused-ring (bicyclic) bond motifs is 1. The second-order valence-electron chi connectivity index (χ2n) is 5.49. The smallest absolute Gasteiger partial charge is 0.224 e. The predicted molar refractivity (Wildman–Crippen MR) is 80.6 cm³/mol. The molecule has 0 aromatic heterocycles. The number of carbonyl (C=O) groups excluding carboxylic acids is 1. The Bertz CT molecular complexity index is 619. The van der Waals surface area contributed by atoms with Crippen LogP contribution in [0.1, 0.15) is 41.0 Å². The summed E-state index contributed by atoms with van der Waals surface area (Å²) < 4.78 is 0. The summed E-state index contributed by atoms with van der Waals surface area (Å²) in [6.45, 7) is 0. The molecule has 1 atom stereocenters. The molecule has 0 bridgehead atoms. The zero-order chi connectivity index (χ0) is 13.9. The van der Waals surface area contributed by atoms with Gasteiger partial charge in [-0.25, -0.2) is 0 Å². The highest BCUT2D eigenvalue weighted by Gasteiger charge is 2.25. The Kier molecular flexibility index (Phi) is 3.55. The van der Waals surface area contributed by atoms with Gasteiger partial charge < -0.3 is 5.73 Å². The Labute approximate surface area is 119 Å². The van der Waals surface area contributed by atoms with Gasteiger partial charge in [0.25, 0.3) is 0 Å². The SMILES string of the molecule is NC(=O)C1CCCc2c(Cc3ccccc3)cccc21. The number of benzene rings is 2. The molecule has 2 aromatic rings. The Morgan fingerprint density at radius 2 is 1.90 bits per heavy atom. The minimum absolute atomic E-state index is 0.102. The number of rotatable bonds is 3. The molecule has 2 N–H and O–H groups in total. The van der Waals surface area contributed by atoms with Gasteiger partial charge in [-0.15, -0.1) is 0 Å². The van der Waals surface area contributed by atoms with Crippen LogP contribution >= 0.6 is 0 Å². The molecule has 0 saturated carbocycles. The van der Waals surface area contributed by atoms with E-state index in [9.17, 15) is 4.79 Å². The van der Waals surface area contributed by atoms with Crippen molar-refractivity contribution in [2.75, 3.05) is 0 Å². The Morgan fingerprint density at radius 3 is 2.65 bits per heavy atom. The highest BCUT2D eigenvalue weighted by atomic mass is 16.1. The number of hydrogen-bond acceptors (Lipinski definition) is 1. The maximum absolute atomic E-state index is 11.6. The summed E-state index contributed by atoms with van der Waals surface area (Å²) in [4.78, 5) is 11.6. The fourth-order valence-electron chi connectivity index (χ4n) is 3.20. The Morgan fingerprint density at radius 1 is 1.10 bits per heavy atom. The van der Waals surface area contributed by atoms with Crippen LogP contribution in [-0.2, 0) is 17.6 Å². The number of nitrogens with two attached hydrogens (primary N) is 1. The van der Waals surface area contributed by atoms with Crippen LogP contribution in [0.15, 0.2) is 48.5 Å². The van der Waals surface area contributed by atoms with Crippen LogP contribution < -0.4 is 5.73 Å². The normalized spacial score (nSPS) is 17.5. The van der Waals surface area contributed by atoms with Crippen LogP contribution in [-0.4, -0.2) is 5.91 Å². The Balaban J connectivity index is 1.97. The van der Waals surface area contributed by atoms with Crippen molar-refractivity contribution < 1.29 is 4.79 Å². The largest absolute Gasteiger partial charge is 0.369 e. The fourth-order valence-corrected chi connectivity index (χ4v) is 3.20. The van der Waals surface area contributed by atoms with Gasteiger partial charge in [0.05, 0.1) is 5.92 Å². The van der Waals surface area contributed by atoms with E-state index in [0.29, 0.717) is 0 Å². The zero-order valence-corrected chi connectivity index (χ0v) is 11.5. The summed E-state index contributed by atoms with van der Waals surface area (Å²) in [5, 5.41) is 0. The lowest BCUT2D eigenvalue weighted by atomic mass is 9.79.